The third-order valence-corrected chi connectivity index (χ3v) is 6.40. The summed E-state index contributed by atoms with van der Waals surface area (Å²) in [4.78, 5) is 60.9. The fourth-order valence-corrected chi connectivity index (χ4v) is 3.83. The smallest absolute Gasteiger partial charge is 0.308 e. The Morgan fingerprint density at radius 1 is 0.615 bits per heavy atom. The van der Waals surface area contributed by atoms with Crippen molar-refractivity contribution in [3.05, 3.63) is 48.5 Å². The van der Waals surface area contributed by atoms with Crippen LogP contribution in [0.3, 0.4) is 0 Å². The van der Waals surface area contributed by atoms with Crippen molar-refractivity contribution in [2.45, 2.75) is 64.3 Å². The van der Waals surface area contributed by atoms with Crippen LogP contribution in [0.1, 0.15) is 64.3 Å². The fraction of sp³-hybridized carbons (Fsp3) is 0.433. The van der Waals surface area contributed by atoms with E-state index in [1.54, 1.807) is 64.1 Å². The van der Waals surface area contributed by atoms with Crippen LogP contribution in [-0.2, 0) is 24.0 Å². The van der Waals surface area contributed by atoms with Crippen LogP contribution in [0.2, 0.25) is 0 Å². The van der Waals surface area contributed by atoms with Crippen molar-refractivity contribution >= 4 is 41.0 Å². The van der Waals surface area contributed by atoms with Gasteiger partial charge in [-0.2, -0.15) is 0 Å². The monoisotopic (exact) mass is 544 g/mol. The molecule has 0 saturated carbocycles. The normalized spacial score (nSPS) is 21.5. The Kier molecular flexibility index (Phi) is 14.1. The summed E-state index contributed by atoms with van der Waals surface area (Å²) in [5, 5.41) is 9.15. The first kappa shape index (κ1) is 37.1. The first-order chi connectivity index (χ1) is 16.4. The number of hydrogen-bond acceptors (Lipinski definition) is 7. The number of phenols is 1. The van der Waals surface area contributed by atoms with Gasteiger partial charge in [0, 0.05) is 30.6 Å². The maximum Gasteiger partial charge on any atom is 0.308 e. The summed E-state index contributed by atoms with van der Waals surface area (Å²) in [7, 11) is 0. The number of hydrogen-bond donors (Lipinski definition) is 1. The summed E-state index contributed by atoms with van der Waals surface area (Å²) in [6.45, 7) is 8.32. The van der Waals surface area contributed by atoms with Crippen LogP contribution >= 0.6 is 0 Å². The van der Waals surface area contributed by atoms with Gasteiger partial charge < -0.3 is 9.84 Å². The Labute approximate surface area is 232 Å². The number of nitrogens with zero attached hydrogens (tertiary/aromatic N) is 2. The van der Waals surface area contributed by atoms with Gasteiger partial charge in [0.2, 0.25) is 23.6 Å². The summed E-state index contributed by atoms with van der Waals surface area (Å²) < 4.78 is 4.90. The van der Waals surface area contributed by atoms with Crippen molar-refractivity contribution in [2.75, 3.05) is 9.80 Å². The van der Waals surface area contributed by atoms with Crippen molar-refractivity contribution in [3.8, 4) is 11.5 Å². The number of aromatic hydroxyl groups is 1. The minimum atomic E-state index is -0.414. The van der Waals surface area contributed by atoms with Crippen LogP contribution in [0.5, 0.6) is 11.5 Å². The van der Waals surface area contributed by atoms with E-state index in [4.69, 9.17) is 9.84 Å². The number of esters is 1. The molecular formula is C30H44N2O7. The second kappa shape index (κ2) is 14.8. The van der Waals surface area contributed by atoms with Crippen LogP contribution in [0.4, 0.5) is 11.4 Å². The molecule has 0 aromatic heterocycles. The van der Waals surface area contributed by atoms with Crippen LogP contribution < -0.4 is 14.5 Å². The van der Waals surface area contributed by atoms with Crippen molar-refractivity contribution < 1.29 is 33.8 Å². The van der Waals surface area contributed by atoms with Gasteiger partial charge in [-0.15, -0.1) is 0 Å². The summed E-state index contributed by atoms with van der Waals surface area (Å²) in [6.07, 6.45) is 0. The first-order valence-electron chi connectivity index (χ1n) is 11.3. The molecule has 216 valence electrons. The lowest BCUT2D eigenvalue weighted by Crippen LogP contribution is -2.30. The standard InChI is InChI=1S/C14H15NO4.C12H13NO3.4CH4/c1-8-9(2)14(18)15(13(8)17)11-4-6-12(7-5-11)19-10(3)16;1-7-8(2)12(16)13(11(7)15)9-3-5-10(14)6-4-9;;;;/h4-9H,1-3H3;3-8,14H,1-2H3;4*1H4. The third kappa shape index (κ3) is 7.52. The maximum atomic E-state index is 12.0. The number of amides is 4. The Morgan fingerprint density at radius 3 is 1.18 bits per heavy atom. The van der Waals surface area contributed by atoms with E-state index in [0.29, 0.717) is 17.1 Å². The second-order valence-electron chi connectivity index (χ2n) is 8.78. The topological polar surface area (TPSA) is 121 Å². The van der Waals surface area contributed by atoms with Gasteiger partial charge in [0.15, 0.2) is 0 Å². The first-order valence-corrected chi connectivity index (χ1v) is 11.3. The van der Waals surface area contributed by atoms with Crippen molar-refractivity contribution in [1.82, 2.24) is 0 Å². The highest BCUT2D eigenvalue weighted by Crippen LogP contribution is 2.32. The molecule has 2 aliphatic rings. The molecule has 4 atom stereocenters. The van der Waals surface area contributed by atoms with Crippen LogP contribution in [0.25, 0.3) is 0 Å². The molecule has 9 nitrogen and oxygen atoms in total. The molecule has 2 fully saturated rings. The molecular weight excluding hydrogens is 500 g/mol. The Bertz CT molecular complexity index is 1120. The predicted octanol–water partition coefficient (Wildman–Crippen LogP) is 5.84. The quantitative estimate of drug-likeness (QED) is 0.293. The van der Waals surface area contributed by atoms with E-state index in [1.807, 2.05) is 0 Å². The number of phenolic OH excluding ortho intramolecular Hbond substituents is 1. The zero-order chi connectivity index (χ0) is 26.0. The lowest BCUT2D eigenvalue weighted by atomic mass is 10.00. The van der Waals surface area contributed by atoms with Crippen LogP contribution in [-0.4, -0.2) is 34.7 Å². The minimum absolute atomic E-state index is 0. The highest BCUT2D eigenvalue weighted by Gasteiger charge is 2.43. The van der Waals surface area contributed by atoms with Gasteiger partial charge >= 0.3 is 5.97 Å². The van der Waals surface area contributed by atoms with Crippen LogP contribution in [0.15, 0.2) is 48.5 Å². The number of anilines is 2. The lowest BCUT2D eigenvalue weighted by Gasteiger charge is -2.14. The number of imide groups is 2. The van der Waals surface area contributed by atoms with E-state index in [1.165, 1.54) is 28.9 Å². The highest BCUT2D eigenvalue weighted by atomic mass is 16.5. The Hall–Kier alpha value is -4.01. The zero-order valence-electron chi connectivity index (χ0n) is 20.2. The number of carbonyl (C=O) groups excluding carboxylic acids is 5. The zero-order valence-corrected chi connectivity index (χ0v) is 20.2. The van der Waals surface area contributed by atoms with Gasteiger partial charge in [-0.05, 0) is 48.5 Å². The average Bonchev–Trinajstić information content (AvgIpc) is 3.14. The molecule has 4 rings (SSSR count). The Balaban J connectivity index is 0. The molecule has 0 spiro atoms. The summed E-state index contributed by atoms with van der Waals surface area (Å²) in [5.41, 5.74) is 1.02. The van der Waals surface area contributed by atoms with E-state index in [-0.39, 0.29) is 82.8 Å². The minimum Gasteiger partial charge on any atom is -0.508 e. The van der Waals surface area contributed by atoms with E-state index in [0.717, 1.165) is 0 Å². The number of benzene rings is 2. The van der Waals surface area contributed by atoms with Crippen molar-refractivity contribution in [2.24, 2.45) is 23.7 Å². The van der Waals surface area contributed by atoms with E-state index >= 15 is 0 Å². The molecule has 39 heavy (non-hydrogen) atoms. The highest BCUT2D eigenvalue weighted by molar-refractivity contribution is 6.22. The molecule has 2 saturated heterocycles. The van der Waals surface area contributed by atoms with Crippen LogP contribution in [0, 0.1) is 23.7 Å². The number of ether oxygens (including phenoxy) is 1. The van der Waals surface area contributed by atoms with Gasteiger partial charge in [-0.3, -0.25) is 33.8 Å². The average molecular weight is 545 g/mol. The maximum absolute atomic E-state index is 12.0. The summed E-state index contributed by atoms with van der Waals surface area (Å²) in [5.74, 6) is -1.82. The van der Waals surface area contributed by atoms with Gasteiger partial charge in [0.25, 0.3) is 0 Å². The molecule has 0 radical (unpaired) electrons. The molecule has 4 unspecified atom stereocenters. The van der Waals surface area contributed by atoms with E-state index in [9.17, 15) is 24.0 Å². The molecule has 2 heterocycles. The SMILES string of the molecule is C.C.C.C.CC(=O)Oc1ccc(N2C(=O)C(C)C(C)C2=O)cc1.CC1C(=O)N(c2ccc(O)cc2)C(=O)C1C. The second-order valence-corrected chi connectivity index (χ2v) is 8.78. The number of carbonyl (C=O) groups is 5. The fourth-order valence-electron chi connectivity index (χ4n) is 3.83. The van der Waals surface area contributed by atoms with Gasteiger partial charge in [0.1, 0.15) is 11.5 Å². The molecule has 2 aromatic carbocycles. The molecule has 0 bridgehead atoms. The van der Waals surface area contributed by atoms with Crippen molar-refractivity contribution in [3.63, 3.8) is 0 Å². The summed E-state index contributed by atoms with van der Waals surface area (Å²) in [6, 6.07) is 12.4. The van der Waals surface area contributed by atoms with Crippen molar-refractivity contribution in [1.29, 1.82) is 0 Å². The largest absolute Gasteiger partial charge is 0.508 e. The molecule has 1 N–H and O–H groups in total. The van der Waals surface area contributed by atoms with Gasteiger partial charge in [-0.25, -0.2) is 0 Å². The summed E-state index contributed by atoms with van der Waals surface area (Å²) >= 11 is 0. The molecule has 9 heteroatoms. The third-order valence-electron chi connectivity index (χ3n) is 6.40. The molecule has 0 aliphatic carbocycles. The van der Waals surface area contributed by atoms with Gasteiger partial charge in [0.05, 0.1) is 11.4 Å². The lowest BCUT2D eigenvalue weighted by molar-refractivity contribution is -0.132. The Morgan fingerprint density at radius 2 is 0.897 bits per heavy atom. The van der Waals surface area contributed by atoms with Gasteiger partial charge in [-0.1, -0.05) is 57.4 Å². The molecule has 2 aliphatic heterocycles. The predicted molar refractivity (Wildman–Crippen MR) is 154 cm³/mol. The molecule has 2 aromatic rings. The van der Waals surface area contributed by atoms with E-state index in [2.05, 4.69) is 0 Å². The molecule has 4 amide bonds. The number of rotatable bonds is 3. The van der Waals surface area contributed by atoms with E-state index < -0.39 is 5.97 Å².